The van der Waals surface area contributed by atoms with Crippen LogP contribution < -0.4 is 0 Å². The van der Waals surface area contributed by atoms with Crippen LogP contribution in [0.15, 0.2) is 18.2 Å². The summed E-state index contributed by atoms with van der Waals surface area (Å²) in [6.07, 6.45) is 0.387. The van der Waals surface area contributed by atoms with Gasteiger partial charge in [-0.05, 0) is 38.5 Å². The van der Waals surface area contributed by atoms with Gasteiger partial charge in [-0.1, -0.05) is 6.92 Å². The van der Waals surface area contributed by atoms with Crippen molar-refractivity contribution in [1.29, 1.82) is 0 Å². The quantitative estimate of drug-likeness (QED) is 0.783. The zero-order valence-electron chi connectivity index (χ0n) is 11.0. The van der Waals surface area contributed by atoms with Crippen LogP contribution in [-0.4, -0.2) is 24.7 Å². The van der Waals surface area contributed by atoms with E-state index < -0.39 is 37.8 Å². The van der Waals surface area contributed by atoms with Crippen LogP contribution in [0, 0.1) is 11.6 Å². The second kappa shape index (κ2) is 5.77. The van der Waals surface area contributed by atoms with E-state index in [1.807, 2.05) is 0 Å². The number of benzene rings is 1. The lowest BCUT2D eigenvalue weighted by molar-refractivity contribution is 0.0990. The molecule has 0 heterocycles. The molecule has 0 saturated heterocycles. The molecule has 0 spiro atoms. The highest BCUT2D eigenvalue weighted by atomic mass is 32.2. The largest absolute Gasteiger partial charge is 0.293 e. The van der Waals surface area contributed by atoms with Gasteiger partial charge in [-0.2, -0.15) is 0 Å². The third kappa shape index (κ3) is 3.18. The van der Waals surface area contributed by atoms with Crippen molar-refractivity contribution in [3.8, 4) is 0 Å². The first kappa shape index (κ1) is 15.8. The molecular formula is C13H16F2O3S. The number of ketones is 1. The van der Waals surface area contributed by atoms with Crippen molar-refractivity contribution in [2.45, 2.75) is 37.7 Å². The molecule has 1 aromatic carbocycles. The topological polar surface area (TPSA) is 51.2 Å². The molecule has 0 aliphatic rings. The second-order valence-electron chi connectivity index (χ2n) is 4.44. The van der Waals surface area contributed by atoms with Crippen molar-refractivity contribution in [1.82, 2.24) is 0 Å². The van der Waals surface area contributed by atoms with E-state index in [9.17, 15) is 22.0 Å². The van der Waals surface area contributed by atoms with E-state index in [-0.39, 0.29) is 5.56 Å². The van der Waals surface area contributed by atoms with Crippen LogP contribution >= 0.6 is 0 Å². The fraction of sp³-hybridized carbons (Fsp3) is 0.462. The average molecular weight is 290 g/mol. The maximum absolute atomic E-state index is 13.0. The maximum atomic E-state index is 13.0. The summed E-state index contributed by atoms with van der Waals surface area (Å²) in [6.45, 7) is 4.49. The normalized spacial score (nSPS) is 15.0. The molecule has 0 aliphatic carbocycles. The van der Waals surface area contributed by atoms with Crippen LogP contribution in [0.4, 0.5) is 8.78 Å². The van der Waals surface area contributed by atoms with E-state index in [2.05, 4.69) is 0 Å². The Kier molecular flexibility index (Phi) is 4.79. The van der Waals surface area contributed by atoms with E-state index in [1.54, 1.807) is 6.92 Å². The highest BCUT2D eigenvalue weighted by Gasteiger charge is 2.32. The highest BCUT2D eigenvalue weighted by molar-refractivity contribution is 7.93. The Morgan fingerprint density at radius 2 is 1.79 bits per heavy atom. The molecule has 0 saturated carbocycles. The number of carbonyl (C=O) groups excluding carboxylic acids is 1. The second-order valence-corrected chi connectivity index (χ2v) is 7.13. The summed E-state index contributed by atoms with van der Waals surface area (Å²) < 4.78 is 49.9. The molecule has 0 N–H and O–H groups in total. The van der Waals surface area contributed by atoms with Crippen LogP contribution in [0.3, 0.4) is 0 Å². The van der Waals surface area contributed by atoms with Gasteiger partial charge in [-0.25, -0.2) is 17.2 Å². The van der Waals surface area contributed by atoms with Crippen LogP contribution in [0.25, 0.3) is 0 Å². The summed E-state index contributed by atoms with van der Waals surface area (Å²) in [4.78, 5) is 12.0. The summed E-state index contributed by atoms with van der Waals surface area (Å²) in [6, 6.07) is 2.62. The first-order valence-corrected chi connectivity index (χ1v) is 7.54. The van der Waals surface area contributed by atoms with E-state index in [0.29, 0.717) is 6.42 Å². The highest BCUT2D eigenvalue weighted by Crippen LogP contribution is 2.18. The summed E-state index contributed by atoms with van der Waals surface area (Å²) in [7, 11) is -3.63. The number of hydrogen-bond acceptors (Lipinski definition) is 3. The summed E-state index contributed by atoms with van der Waals surface area (Å²) >= 11 is 0. The molecule has 19 heavy (non-hydrogen) atoms. The molecule has 0 amide bonds. The minimum absolute atomic E-state index is 0.140. The standard InChI is InChI=1S/C13H16F2O3S/c1-4-8(2)19(17,18)9(3)13(16)10-5-6-11(14)12(15)7-10/h5-9H,4H2,1-3H3. The number of rotatable bonds is 5. The molecule has 0 bridgehead atoms. The van der Waals surface area contributed by atoms with E-state index in [0.717, 1.165) is 18.2 Å². The van der Waals surface area contributed by atoms with Crippen LogP contribution in [0.5, 0.6) is 0 Å². The molecule has 0 aromatic heterocycles. The molecule has 2 unspecified atom stereocenters. The number of sulfone groups is 1. The van der Waals surface area contributed by atoms with Crippen LogP contribution in [0.2, 0.25) is 0 Å². The first-order valence-electron chi connectivity index (χ1n) is 5.93. The smallest absolute Gasteiger partial charge is 0.180 e. The van der Waals surface area contributed by atoms with E-state index in [4.69, 9.17) is 0 Å². The number of Topliss-reactive ketones (excluding diaryl/α,β-unsaturated/α-hetero) is 1. The molecule has 0 radical (unpaired) electrons. The Balaban J connectivity index is 3.10. The Morgan fingerprint density at radius 1 is 1.21 bits per heavy atom. The Morgan fingerprint density at radius 3 is 2.26 bits per heavy atom. The van der Waals surface area contributed by atoms with Gasteiger partial charge < -0.3 is 0 Å². The Hall–Kier alpha value is -1.30. The molecule has 2 atom stereocenters. The lowest BCUT2D eigenvalue weighted by atomic mass is 10.1. The van der Waals surface area contributed by atoms with Gasteiger partial charge in [0.25, 0.3) is 0 Å². The number of carbonyl (C=O) groups is 1. The van der Waals surface area contributed by atoms with Gasteiger partial charge in [0.05, 0.1) is 5.25 Å². The third-order valence-corrected chi connectivity index (χ3v) is 5.86. The van der Waals surface area contributed by atoms with Gasteiger partial charge in [-0.3, -0.25) is 4.79 Å². The fourth-order valence-corrected chi connectivity index (χ4v) is 3.21. The molecule has 3 nitrogen and oxygen atoms in total. The minimum atomic E-state index is -3.63. The number of halogens is 2. The molecule has 6 heteroatoms. The van der Waals surface area contributed by atoms with Gasteiger partial charge in [0.15, 0.2) is 27.3 Å². The predicted molar refractivity (Wildman–Crippen MR) is 68.8 cm³/mol. The lowest BCUT2D eigenvalue weighted by Crippen LogP contribution is -2.34. The zero-order valence-corrected chi connectivity index (χ0v) is 11.8. The van der Waals surface area contributed by atoms with E-state index in [1.165, 1.54) is 13.8 Å². The van der Waals surface area contributed by atoms with Crippen LogP contribution in [0.1, 0.15) is 37.6 Å². The summed E-state index contributed by atoms with van der Waals surface area (Å²) in [5.74, 6) is -2.97. The van der Waals surface area contributed by atoms with E-state index >= 15 is 0 Å². The van der Waals surface area contributed by atoms with Crippen molar-refractivity contribution in [3.63, 3.8) is 0 Å². The molecule has 0 aliphatic heterocycles. The zero-order chi connectivity index (χ0) is 14.8. The average Bonchev–Trinajstić information content (AvgIpc) is 2.38. The number of hydrogen-bond donors (Lipinski definition) is 0. The van der Waals surface area contributed by atoms with Gasteiger partial charge in [0.2, 0.25) is 0 Å². The third-order valence-electron chi connectivity index (χ3n) is 3.20. The van der Waals surface area contributed by atoms with Crippen LogP contribution in [-0.2, 0) is 9.84 Å². The predicted octanol–water partition coefficient (Wildman–Crippen LogP) is 2.75. The van der Waals surface area contributed by atoms with Gasteiger partial charge in [-0.15, -0.1) is 0 Å². The van der Waals surface area contributed by atoms with Crippen molar-refractivity contribution < 1.29 is 22.0 Å². The molecule has 0 fully saturated rings. The molecule has 1 aromatic rings. The van der Waals surface area contributed by atoms with Crippen molar-refractivity contribution in [3.05, 3.63) is 35.4 Å². The van der Waals surface area contributed by atoms with Crippen molar-refractivity contribution in [2.24, 2.45) is 0 Å². The molecule has 1 rings (SSSR count). The fourth-order valence-electron chi connectivity index (χ4n) is 1.61. The summed E-state index contributed by atoms with van der Waals surface area (Å²) in [5, 5.41) is -1.93. The Labute approximate surface area is 111 Å². The monoisotopic (exact) mass is 290 g/mol. The first-order chi connectivity index (χ1) is 8.71. The van der Waals surface area contributed by atoms with Crippen molar-refractivity contribution in [2.75, 3.05) is 0 Å². The molecule has 106 valence electrons. The van der Waals surface area contributed by atoms with Gasteiger partial charge >= 0.3 is 0 Å². The van der Waals surface area contributed by atoms with Gasteiger partial charge in [0.1, 0.15) is 5.25 Å². The van der Waals surface area contributed by atoms with Crippen molar-refractivity contribution >= 4 is 15.6 Å². The minimum Gasteiger partial charge on any atom is -0.293 e. The van der Waals surface area contributed by atoms with Gasteiger partial charge in [0, 0.05) is 5.56 Å². The SMILES string of the molecule is CCC(C)S(=O)(=O)C(C)C(=O)c1ccc(F)c(F)c1. The lowest BCUT2D eigenvalue weighted by Gasteiger charge is -2.16. The Bertz CT molecular complexity index is 582. The maximum Gasteiger partial charge on any atom is 0.180 e. The summed E-state index contributed by atoms with van der Waals surface area (Å²) in [5.41, 5.74) is -0.140. The molecular weight excluding hydrogens is 274 g/mol.